The molecular formula is C21H20N2O3S. The molecule has 138 valence electrons. The van der Waals surface area contributed by atoms with Gasteiger partial charge in [0.1, 0.15) is 6.61 Å². The molecule has 1 aliphatic rings. The van der Waals surface area contributed by atoms with Gasteiger partial charge in [0.25, 0.3) is 5.91 Å². The topological polar surface area (TPSA) is 60.5 Å². The number of carbonyl (C=O) groups is 1. The number of aromatic nitrogens is 1. The molecule has 0 aliphatic carbocycles. The van der Waals surface area contributed by atoms with Gasteiger partial charge in [0, 0.05) is 10.9 Å². The number of hydrogen-bond donors (Lipinski definition) is 1. The van der Waals surface area contributed by atoms with Gasteiger partial charge in [-0.1, -0.05) is 29.8 Å². The molecule has 0 fully saturated rings. The van der Waals surface area contributed by atoms with Crippen LogP contribution >= 0.6 is 11.3 Å². The lowest BCUT2D eigenvalue weighted by atomic mass is 9.98. The molecule has 1 aliphatic heterocycles. The lowest BCUT2D eigenvalue weighted by Gasteiger charge is -2.25. The molecule has 0 spiro atoms. The molecule has 2 heterocycles. The summed E-state index contributed by atoms with van der Waals surface area (Å²) in [5.41, 5.74) is 5.57. The summed E-state index contributed by atoms with van der Waals surface area (Å²) in [5.74, 6) is 0.973. The fourth-order valence-corrected chi connectivity index (χ4v) is 4.07. The van der Waals surface area contributed by atoms with Crippen LogP contribution in [0.15, 0.2) is 41.8 Å². The van der Waals surface area contributed by atoms with Gasteiger partial charge in [0.15, 0.2) is 16.6 Å². The number of carbonyl (C=O) groups excluding carboxylic acids is 1. The molecule has 4 rings (SSSR count). The van der Waals surface area contributed by atoms with Crippen LogP contribution in [-0.2, 0) is 4.79 Å². The highest BCUT2D eigenvalue weighted by molar-refractivity contribution is 7.14. The number of thiazole rings is 1. The van der Waals surface area contributed by atoms with E-state index in [1.54, 1.807) is 6.07 Å². The maximum absolute atomic E-state index is 12.6. The van der Waals surface area contributed by atoms with Crippen molar-refractivity contribution in [1.29, 1.82) is 0 Å². The average molecular weight is 380 g/mol. The minimum atomic E-state index is -0.699. The van der Waals surface area contributed by atoms with Crippen molar-refractivity contribution in [3.63, 3.8) is 0 Å². The summed E-state index contributed by atoms with van der Waals surface area (Å²) in [5, 5.41) is 5.37. The first-order valence-corrected chi connectivity index (χ1v) is 9.62. The Balaban J connectivity index is 1.50. The number of para-hydroxylation sites is 2. The number of rotatable bonds is 3. The molecule has 3 aromatic rings. The number of aryl methyl sites for hydroxylation is 3. The maximum Gasteiger partial charge on any atom is 0.270 e. The Morgan fingerprint density at radius 1 is 1.15 bits per heavy atom. The first-order valence-electron chi connectivity index (χ1n) is 8.74. The number of amides is 1. The smallest absolute Gasteiger partial charge is 0.270 e. The summed E-state index contributed by atoms with van der Waals surface area (Å²) in [6.45, 7) is 6.42. The molecule has 2 aromatic carbocycles. The second-order valence-electron chi connectivity index (χ2n) is 6.67. The highest BCUT2D eigenvalue weighted by atomic mass is 32.1. The number of fused-ring (bicyclic) bond motifs is 1. The maximum atomic E-state index is 12.6. The third-order valence-corrected chi connectivity index (χ3v) is 5.23. The van der Waals surface area contributed by atoms with Crippen LogP contribution in [0.1, 0.15) is 16.7 Å². The van der Waals surface area contributed by atoms with E-state index in [0.29, 0.717) is 16.6 Å². The third-order valence-electron chi connectivity index (χ3n) is 4.47. The van der Waals surface area contributed by atoms with E-state index < -0.39 is 6.10 Å². The Hall–Kier alpha value is -2.86. The van der Waals surface area contributed by atoms with E-state index in [2.05, 4.69) is 43.2 Å². The van der Waals surface area contributed by atoms with Gasteiger partial charge in [-0.3, -0.25) is 10.1 Å². The molecule has 0 unspecified atom stereocenters. The van der Waals surface area contributed by atoms with Gasteiger partial charge in [-0.05, 0) is 44.0 Å². The van der Waals surface area contributed by atoms with E-state index >= 15 is 0 Å². The van der Waals surface area contributed by atoms with Crippen molar-refractivity contribution in [3.8, 4) is 22.8 Å². The van der Waals surface area contributed by atoms with Gasteiger partial charge in [-0.25, -0.2) is 4.98 Å². The molecule has 6 heteroatoms. The normalized spacial score (nSPS) is 15.4. The van der Waals surface area contributed by atoms with Gasteiger partial charge in [-0.15, -0.1) is 11.3 Å². The Bertz CT molecular complexity index is 989. The Labute approximate surface area is 162 Å². The summed E-state index contributed by atoms with van der Waals surface area (Å²) < 4.78 is 11.4. The van der Waals surface area contributed by atoms with Gasteiger partial charge >= 0.3 is 0 Å². The number of anilines is 1. The molecule has 0 saturated carbocycles. The Morgan fingerprint density at radius 3 is 2.59 bits per heavy atom. The van der Waals surface area contributed by atoms with E-state index in [0.717, 1.165) is 11.3 Å². The number of nitrogens with zero attached hydrogens (tertiary/aromatic N) is 1. The molecule has 0 bridgehead atoms. The fourth-order valence-electron chi connectivity index (χ4n) is 3.36. The minimum absolute atomic E-state index is 0.178. The van der Waals surface area contributed by atoms with Crippen LogP contribution in [0.3, 0.4) is 0 Å². The second kappa shape index (κ2) is 7.04. The average Bonchev–Trinajstić information content (AvgIpc) is 3.08. The van der Waals surface area contributed by atoms with Crippen LogP contribution in [0.25, 0.3) is 11.3 Å². The Kier molecular flexibility index (Phi) is 4.58. The van der Waals surface area contributed by atoms with Crippen molar-refractivity contribution in [2.45, 2.75) is 26.9 Å². The van der Waals surface area contributed by atoms with Gasteiger partial charge in [0.2, 0.25) is 6.10 Å². The van der Waals surface area contributed by atoms with Crippen molar-refractivity contribution in [1.82, 2.24) is 4.98 Å². The SMILES string of the molecule is Cc1cc(C)c(-c2csc(NC(=O)[C@H]3COc4ccccc4O3)n2)c(C)c1. The predicted octanol–water partition coefficient (Wildman–Crippen LogP) is 4.51. The highest BCUT2D eigenvalue weighted by Crippen LogP contribution is 2.33. The van der Waals surface area contributed by atoms with Crippen LogP contribution in [0.2, 0.25) is 0 Å². The van der Waals surface area contributed by atoms with Crippen LogP contribution in [0.5, 0.6) is 11.5 Å². The largest absolute Gasteiger partial charge is 0.485 e. The second-order valence-corrected chi connectivity index (χ2v) is 7.52. The molecule has 1 amide bonds. The van der Waals surface area contributed by atoms with E-state index in [4.69, 9.17) is 9.47 Å². The zero-order valence-electron chi connectivity index (χ0n) is 15.4. The molecule has 1 aromatic heterocycles. The van der Waals surface area contributed by atoms with Crippen LogP contribution in [0, 0.1) is 20.8 Å². The minimum Gasteiger partial charge on any atom is -0.485 e. The van der Waals surface area contributed by atoms with Crippen molar-refractivity contribution in [2.24, 2.45) is 0 Å². The Morgan fingerprint density at radius 2 is 1.85 bits per heavy atom. The molecule has 1 N–H and O–H groups in total. The van der Waals surface area contributed by atoms with Crippen molar-refractivity contribution < 1.29 is 14.3 Å². The summed E-state index contributed by atoms with van der Waals surface area (Å²) in [6, 6.07) is 11.6. The van der Waals surface area contributed by atoms with Gasteiger partial charge in [-0.2, -0.15) is 0 Å². The fraction of sp³-hybridized carbons (Fsp3) is 0.238. The van der Waals surface area contributed by atoms with E-state index in [1.807, 2.05) is 23.6 Å². The molecule has 5 nitrogen and oxygen atoms in total. The van der Waals surface area contributed by atoms with E-state index in [1.165, 1.54) is 28.0 Å². The third kappa shape index (κ3) is 3.53. The lowest BCUT2D eigenvalue weighted by molar-refractivity contribution is -0.125. The van der Waals surface area contributed by atoms with Crippen molar-refractivity contribution >= 4 is 22.4 Å². The summed E-state index contributed by atoms with van der Waals surface area (Å²) in [6.07, 6.45) is -0.699. The number of benzene rings is 2. The first-order chi connectivity index (χ1) is 13.0. The zero-order chi connectivity index (χ0) is 19.0. The van der Waals surface area contributed by atoms with Crippen LogP contribution in [-0.4, -0.2) is 23.6 Å². The molecule has 27 heavy (non-hydrogen) atoms. The van der Waals surface area contributed by atoms with Gasteiger partial charge < -0.3 is 9.47 Å². The van der Waals surface area contributed by atoms with E-state index in [9.17, 15) is 4.79 Å². The number of ether oxygens (including phenoxy) is 2. The molecule has 1 atom stereocenters. The number of hydrogen-bond acceptors (Lipinski definition) is 5. The lowest BCUT2D eigenvalue weighted by Crippen LogP contribution is -2.40. The summed E-state index contributed by atoms with van der Waals surface area (Å²) in [7, 11) is 0. The van der Waals surface area contributed by atoms with Crippen LogP contribution < -0.4 is 14.8 Å². The number of nitrogens with one attached hydrogen (secondary N) is 1. The zero-order valence-corrected chi connectivity index (χ0v) is 16.2. The quantitative estimate of drug-likeness (QED) is 0.726. The van der Waals surface area contributed by atoms with Gasteiger partial charge in [0.05, 0.1) is 5.69 Å². The molecular weight excluding hydrogens is 360 g/mol. The van der Waals surface area contributed by atoms with E-state index in [-0.39, 0.29) is 12.5 Å². The summed E-state index contributed by atoms with van der Waals surface area (Å²) in [4.78, 5) is 17.2. The van der Waals surface area contributed by atoms with Crippen molar-refractivity contribution in [3.05, 3.63) is 58.5 Å². The van der Waals surface area contributed by atoms with Crippen LogP contribution in [0.4, 0.5) is 5.13 Å². The monoisotopic (exact) mass is 380 g/mol. The molecule has 0 saturated heterocycles. The standard InChI is InChI=1S/C21H20N2O3S/c1-12-8-13(2)19(14(3)9-12)15-11-27-21(22-15)23-20(24)18-10-25-16-6-4-5-7-17(16)26-18/h4-9,11,18H,10H2,1-3H3,(H,22,23,24)/t18-/m1/s1. The molecule has 0 radical (unpaired) electrons. The first kappa shape index (κ1) is 17.5. The summed E-state index contributed by atoms with van der Waals surface area (Å²) >= 11 is 1.40. The predicted molar refractivity (Wildman–Crippen MR) is 107 cm³/mol. The van der Waals surface area contributed by atoms with Crippen molar-refractivity contribution in [2.75, 3.05) is 11.9 Å². The highest BCUT2D eigenvalue weighted by Gasteiger charge is 2.28.